The first-order valence-electron chi connectivity index (χ1n) is 6.70. The maximum Gasteiger partial charge on any atom is 0.326 e. The van der Waals surface area contributed by atoms with Crippen LogP contribution in [0.1, 0.15) is 45.4 Å². The molecule has 0 aromatic heterocycles. The SMILES string of the molecule is CCOC(=O)C[C@H](NC(=O)CC1CCCC1)C(=O)O. The van der Waals surface area contributed by atoms with Gasteiger partial charge in [-0.15, -0.1) is 0 Å². The van der Waals surface area contributed by atoms with Gasteiger partial charge in [-0.2, -0.15) is 0 Å². The summed E-state index contributed by atoms with van der Waals surface area (Å²) in [5.41, 5.74) is 0. The van der Waals surface area contributed by atoms with Crippen molar-refractivity contribution >= 4 is 17.8 Å². The highest BCUT2D eigenvalue weighted by molar-refractivity contribution is 5.87. The number of carboxylic acid groups (broad SMARTS) is 1. The zero-order valence-corrected chi connectivity index (χ0v) is 11.2. The third-order valence-electron chi connectivity index (χ3n) is 3.26. The number of amides is 1. The number of aliphatic carboxylic acids is 1. The first-order chi connectivity index (χ1) is 9.02. The Kier molecular flexibility index (Phi) is 6.32. The number of esters is 1. The Morgan fingerprint density at radius 1 is 1.32 bits per heavy atom. The second kappa shape index (κ2) is 7.76. The zero-order chi connectivity index (χ0) is 14.3. The highest BCUT2D eigenvalue weighted by Gasteiger charge is 2.26. The van der Waals surface area contributed by atoms with Crippen LogP contribution in [0.25, 0.3) is 0 Å². The second-order valence-corrected chi connectivity index (χ2v) is 4.82. The average Bonchev–Trinajstić information content (AvgIpc) is 2.81. The molecule has 1 aliphatic rings. The van der Waals surface area contributed by atoms with E-state index in [1.54, 1.807) is 6.92 Å². The smallest absolute Gasteiger partial charge is 0.326 e. The zero-order valence-electron chi connectivity index (χ0n) is 11.2. The maximum absolute atomic E-state index is 11.7. The molecule has 0 bridgehead atoms. The molecule has 6 nitrogen and oxygen atoms in total. The van der Waals surface area contributed by atoms with Gasteiger partial charge >= 0.3 is 11.9 Å². The number of carbonyl (C=O) groups is 3. The number of rotatable bonds is 7. The van der Waals surface area contributed by atoms with Gasteiger partial charge in [0.15, 0.2) is 0 Å². The predicted molar refractivity (Wildman–Crippen MR) is 67.4 cm³/mol. The third-order valence-corrected chi connectivity index (χ3v) is 3.26. The minimum absolute atomic E-state index is 0.196. The van der Waals surface area contributed by atoms with E-state index in [9.17, 15) is 14.4 Å². The summed E-state index contributed by atoms with van der Waals surface area (Å²) in [6.07, 6.45) is 4.30. The van der Waals surface area contributed by atoms with Gasteiger partial charge in [-0.05, 0) is 25.7 Å². The number of ether oxygens (including phenoxy) is 1. The molecule has 1 atom stereocenters. The van der Waals surface area contributed by atoms with Crippen LogP contribution in [0.4, 0.5) is 0 Å². The summed E-state index contributed by atoms with van der Waals surface area (Å²) in [5, 5.41) is 11.4. The molecule has 0 spiro atoms. The summed E-state index contributed by atoms with van der Waals surface area (Å²) in [6, 6.07) is -1.20. The van der Waals surface area contributed by atoms with E-state index in [0.29, 0.717) is 12.3 Å². The fourth-order valence-corrected chi connectivity index (χ4v) is 2.32. The quantitative estimate of drug-likeness (QED) is 0.676. The lowest BCUT2D eigenvalue weighted by Gasteiger charge is -2.15. The molecule has 2 N–H and O–H groups in total. The fourth-order valence-electron chi connectivity index (χ4n) is 2.32. The molecule has 1 fully saturated rings. The van der Waals surface area contributed by atoms with E-state index in [1.807, 2.05) is 0 Å². The molecular formula is C13H21NO5. The Bertz CT molecular complexity index is 336. The summed E-state index contributed by atoms with van der Waals surface area (Å²) in [5.74, 6) is -1.79. The summed E-state index contributed by atoms with van der Waals surface area (Å²) < 4.78 is 4.68. The van der Waals surface area contributed by atoms with Gasteiger partial charge in [0, 0.05) is 6.42 Å². The van der Waals surface area contributed by atoms with Crippen LogP contribution in [0.5, 0.6) is 0 Å². The molecule has 1 aliphatic carbocycles. The van der Waals surface area contributed by atoms with E-state index >= 15 is 0 Å². The molecule has 0 aromatic rings. The molecule has 0 radical (unpaired) electrons. The number of hydrogen-bond acceptors (Lipinski definition) is 4. The molecular weight excluding hydrogens is 250 g/mol. The number of carbonyl (C=O) groups excluding carboxylic acids is 2. The Morgan fingerprint density at radius 2 is 1.95 bits per heavy atom. The average molecular weight is 271 g/mol. The second-order valence-electron chi connectivity index (χ2n) is 4.82. The van der Waals surface area contributed by atoms with Crippen molar-refractivity contribution in [2.75, 3.05) is 6.61 Å². The summed E-state index contributed by atoms with van der Waals surface area (Å²) >= 11 is 0. The standard InChI is InChI=1S/C13H21NO5/c1-2-19-12(16)8-10(13(17)18)14-11(15)7-9-5-3-4-6-9/h9-10H,2-8H2,1H3,(H,14,15)(H,17,18)/t10-/m0/s1. The van der Waals surface area contributed by atoms with Crippen LogP contribution >= 0.6 is 0 Å². The van der Waals surface area contributed by atoms with E-state index < -0.39 is 18.0 Å². The molecule has 19 heavy (non-hydrogen) atoms. The Morgan fingerprint density at radius 3 is 2.47 bits per heavy atom. The van der Waals surface area contributed by atoms with Gasteiger partial charge < -0.3 is 15.2 Å². The van der Waals surface area contributed by atoms with Gasteiger partial charge in [0.1, 0.15) is 6.04 Å². The lowest BCUT2D eigenvalue weighted by atomic mass is 10.0. The van der Waals surface area contributed by atoms with E-state index in [4.69, 9.17) is 5.11 Å². The van der Waals surface area contributed by atoms with Crippen molar-refractivity contribution < 1.29 is 24.2 Å². The van der Waals surface area contributed by atoms with Crippen molar-refractivity contribution in [3.8, 4) is 0 Å². The van der Waals surface area contributed by atoms with Gasteiger partial charge in [0.2, 0.25) is 5.91 Å². The van der Waals surface area contributed by atoms with Crippen LogP contribution in [0.2, 0.25) is 0 Å². The van der Waals surface area contributed by atoms with Crippen LogP contribution in [0, 0.1) is 5.92 Å². The van der Waals surface area contributed by atoms with Gasteiger partial charge in [0.25, 0.3) is 0 Å². The van der Waals surface area contributed by atoms with Crippen LogP contribution in [0.15, 0.2) is 0 Å². The lowest BCUT2D eigenvalue weighted by Crippen LogP contribution is -2.42. The number of nitrogens with one attached hydrogen (secondary N) is 1. The maximum atomic E-state index is 11.7. The van der Waals surface area contributed by atoms with E-state index in [2.05, 4.69) is 10.1 Å². The number of hydrogen-bond donors (Lipinski definition) is 2. The topological polar surface area (TPSA) is 92.7 Å². The van der Waals surface area contributed by atoms with Gasteiger partial charge in [-0.3, -0.25) is 9.59 Å². The van der Waals surface area contributed by atoms with E-state index in [1.165, 1.54) is 0 Å². The highest BCUT2D eigenvalue weighted by Crippen LogP contribution is 2.27. The molecule has 0 aromatic carbocycles. The number of carboxylic acids is 1. The summed E-state index contributed by atoms with van der Waals surface area (Å²) in [7, 11) is 0. The fraction of sp³-hybridized carbons (Fsp3) is 0.769. The van der Waals surface area contributed by atoms with Crippen LogP contribution in [-0.2, 0) is 19.1 Å². The molecule has 0 saturated heterocycles. The molecule has 1 saturated carbocycles. The molecule has 108 valence electrons. The van der Waals surface area contributed by atoms with Crippen molar-refractivity contribution in [3.05, 3.63) is 0 Å². The molecule has 0 heterocycles. The predicted octanol–water partition coefficient (Wildman–Crippen LogP) is 1.09. The van der Waals surface area contributed by atoms with Crippen molar-refractivity contribution in [2.24, 2.45) is 5.92 Å². The van der Waals surface area contributed by atoms with Crippen molar-refractivity contribution in [1.82, 2.24) is 5.32 Å². The van der Waals surface area contributed by atoms with E-state index in [-0.39, 0.29) is 18.9 Å². The summed E-state index contributed by atoms with van der Waals surface area (Å²) in [4.78, 5) is 34.0. The van der Waals surface area contributed by atoms with Gasteiger partial charge in [0.05, 0.1) is 13.0 Å². The largest absolute Gasteiger partial charge is 0.480 e. The Hall–Kier alpha value is -1.59. The molecule has 1 amide bonds. The highest BCUT2D eigenvalue weighted by atomic mass is 16.5. The van der Waals surface area contributed by atoms with Crippen molar-refractivity contribution in [2.45, 2.75) is 51.5 Å². The first kappa shape index (κ1) is 15.5. The van der Waals surface area contributed by atoms with Gasteiger partial charge in [-0.25, -0.2) is 4.79 Å². The van der Waals surface area contributed by atoms with Crippen molar-refractivity contribution in [1.29, 1.82) is 0 Å². The Labute approximate surface area is 112 Å². The molecule has 6 heteroatoms. The third kappa shape index (κ3) is 5.72. The van der Waals surface area contributed by atoms with Crippen LogP contribution < -0.4 is 5.32 Å². The molecule has 0 unspecified atom stereocenters. The minimum atomic E-state index is -1.21. The lowest BCUT2D eigenvalue weighted by molar-refractivity contribution is -0.150. The van der Waals surface area contributed by atoms with E-state index in [0.717, 1.165) is 25.7 Å². The summed E-state index contributed by atoms with van der Waals surface area (Å²) in [6.45, 7) is 1.84. The monoisotopic (exact) mass is 271 g/mol. The van der Waals surface area contributed by atoms with Gasteiger partial charge in [-0.1, -0.05) is 12.8 Å². The Balaban J connectivity index is 2.41. The first-order valence-corrected chi connectivity index (χ1v) is 6.70. The van der Waals surface area contributed by atoms with Crippen LogP contribution in [-0.4, -0.2) is 35.6 Å². The normalized spacial score (nSPS) is 16.9. The van der Waals surface area contributed by atoms with Crippen molar-refractivity contribution in [3.63, 3.8) is 0 Å². The molecule has 1 rings (SSSR count). The minimum Gasteiger partial charge on any atom is -0.480 e. The molecule has 0 aliphatic heterocycles. The van der Waals surface area contributed by atoms with Crippen LogP contribution in [0.3, 0.4) is 0 Å².